The van der Waals surface area contributed by atoms with E-state index in [0.717, 1.165) is 22.1 Å². The molecule has 1 atom stereocenters. The molecule has 0 aliphatic heterocycles. The van der Waals surface area contributed by atoms with E-state index in [1.54, 1.807) is 0 Å². The van der Waals surface area contributed by atoms with Gasteiger partial charge in [0.25, 0.3) is 0 Å². The van der Waals surface area contributed by atoms with Gasteiger partial charge in [-0.1, -0.05) is 44.2 Å². The molecule has 3 aromatic rings. The SMILES string of the molecule is CC[C@@H](C)c1ccc(N=Cc2c(Br)c(C)n(-c3ccccc3)c2C)cc1. The zero-order valence-electron chi connectivity index (χ0n) is 15.8. The van der Waals surface area contributed by atoms with E-state index in [-0.39, 0.29) is 0 Å². The minimum atomic E-state index is 0.590. The lowest BCUT2D eigenvalue weighted by molar-refractivity contribution is 0.734. The largest absolute Gasteiger partial charge is 0.317 e. The van der Waals surface area contributed by atoms with Crippen LogP contribution in [0.2, 0.25) is 0 Å². The van der Waals surface area contributed by atoms with Crippen molar-refractivity contribution in [2.45, 2.75) is 40.0 Å². The Morgan fingerprint density at radius 3 is 2.27 bits per heavy atom. The molecule has 0 saturated carbocycles. The summed E-state index contributed by atoms with van der Waals surface area (Å²) in [4.78, 5) is 4.70. The Balaban J connectivity index is 1.92. The van der Waals surface area contributed by atoms with Crippen molar-refractivity contribution in [2.75, 3.05) is 0 Å². The maximum Gasteiger partial charge on any atom is 0.0630 e. The lowest BCUT2D eigenvalue weighted by Gasteiger charge is -2.09. The van der Waals surface area contributed by atoms with Gasteiger partial charge in [-0.05, 0) is 71.9 Å². The van der Waals surface area contributed by atoms with Gasteiger partial charge in [0.2, 0.25) is 0 Å². The average Bonchev–Trinajstić information content (AvgIpc) is 2.89. The molecule has 2 aromatic carbocycles. The van der Waals surface area contributed by atoms with E-state index >= 15 is 0 Å². The number of aromatic nitrogens is 1. The Labute approximate surface area is 164 Å². The minimum Gasteiger partial charge on any atom is -0.317 e. The maximum atomic E-state index is 4.70. The third-order valence-electron chi connectivity index (χ3n) is 5.05. The Kier molecular flexibility index (Phi) is 5.77. The number of halogens is 1. The number of aliphatic imine (C=N–C) groups is 1. The molecule has 1 heterocycles. The van der Waals surface area contributed by atoms with Gasteiger partial charge in [0.05, 0.1) is 5.69 Å². The van der Waals surface area contributed by atoms with Crippen LogP contribution in [0.15, 0.2) is 64.1 Å². The van der Waals surface area contributed by atoms with E-state index in [0.29, 0.717) is 5.92 Å². The van der Waals surface area contributed by atoms with Crippen molar-refractivity contribution in [3.63, 3.8) is 0 Å². The number of hydrogen-bond donors (Lipinski definition) is 0. The normalized spacial score (nSPS) is 12.7. The van der Waals surface area contributed by atoms with Gasteiger partial charge >= 0.3 is 0 Å². The molecule has 3 rings (SSSR count). The van der Waals surface area contributed by atoms with Crippen molar-refractivity contribution in [3.05, 3.63) is 81.6 Å². The van der Waals surface area contributed by atoms with Gasteiger partial charge < -0.3 is 4.57 Å². The van der Waals surface area contributed by atoms with E-state index in [4.69, 9.17) is 4.99 Å². The number of nitrogens with zero attached hydrogens (tertiary/aromatic N) is 2. The smallest absolute Gasteiger partial charge is 0.0630 e. The standard InChI is InChI=1S/C23H25BrN2/c1-5-16(2)19-11-13-20(14-12-19)25-15-22-17(3)26(18(4)23(22)24)21-9-7-6-8-10-21/h6-16H,5H2,1-4H3/t16-/m1/s1. The lowest BCUT2D eigenvalue weighted by Crippen LogP contribution is -1.99. The van der Waals surface area contributed by atoms with Crippen molar-refractivity contribution in [1.29, 1.82) is 0 Å². The van der Waals surface area contributed by atoms with Crippen molar-refractivity contribution in [3.8, 4) is 5.69 Å². The summed E-state index contributed by atoms with van der Waals surface area (Å²) in [6, 6.07) is 19.0. The van der Waals surface area contributed by atoms with Crippen LogP contribution in [0, 0.1) is 13.8 Å². The van der Waals surface area contributed by atoms with Crippen LogP contribution in [-0.4, -0.2) is 10.8 Å². The van der Waals surface area contributed by atoms with Crippen molar-refractivity contribution in [2.24, 2.45) is 4.99 Å². The number of benzene rings is 2. The summed E-state index contributed by atoms with van der Waals surface area (Å²) in [5.41, 5.74) is 7.00. The molecular formula is C23H25BrN2. The van der Waals surface area contributed by atoms with E-state index in [2.05, 4.69) is 96.7 Å². The van der Waals surface area contributed by atoms with Gasteiger partial charge in [-0.3, -0.25) is 4.99 Å². The molecule has 0 aliphatic carbocycles. The van der Waals surface area contributed by atoms with E-state index < -0.39 is 0 Å². The molecule has 0 spiro atoms. The van der Waals surface area contributed by atoms with Crippen LogP contribution < -0.4 is 0 Å². The fourth-order valence-corrected chi connectivity index (χ4v) is 3.77. The topological polar surface area (TPSA) is 17.3 Å². The first-order chi connectivity index (χ1) is 12.5. The highest BCUT2D eigenvalue weighted by molar-refractivity contribution is 9.10. The lowest BCUT2D eigenvalue weighted by atomic mass is 9.99. The van der Waals surface area contributed by atoms with E-state index in [1.807, 2.05) is 12.3 Å². The fraction of sp³-hybridized carbons (Fsp3) is 0.261. The van der Waals surface area contributed by atoms with Crippen LogP contribution in [0.1, 0.15) is 48.7 Å². The summed E-state index contributed by atoms with van der Waals surface area (Å²) in [6.45, 7) is 8.74. The molecular weight excluding hydrogens is 384 g/mol. The molecule has 2 nitrogen and oxygen atoms in total. The monoisotopic (exact) mass is 408 g/mol. The predicted octanol–water partition coefficient (Wildman–Crippen LogP) is 7.12. The van der Waals surface area contributed by atoms with Crippen LogP contribution in [0.4, 0.5) is 5.69 Å². The second-order valence-corrected chi connectivity index (χ2v) is 7.52. The third-order valence-corrected chi connectivity index (χ3v) is 6.05. The summed E-state index contributed by atoms with van der Waals surface area (Å²) in [6.07, 6.45) is 3.12. The van der Waals surface area contributed by atoms with Crippen molar-refractivity contribution >= 4 is 27.8 Å². The van der Waals surface area contributed by atoms with E-state index in [9.17, 15) is 0 Å². The second-order valence-electron chi connectivity index (χ2n) is 6.73. The zero-order chi connectivity index (χ0) is 18.7. The summed E-state index contributed by atoms with van der Waals surface area (Å²) in [5.74, 6) is 0.590. The molecule has 0 saturated heterocycles. The Bertz CT molecular complexity index is 906. The van der Waals surface area contributed by atoms with Crippen LogP contribution in [0.5, 0.6) is 0 Å². The first-order valence-corrected chi connectivity index (χ1v) is 9.89. The molecule has 134 valence electrons. The zero-order valence-corrected chi connectivity index (χ0v) is 17.4. The van der Waals surface area contributed by atoms with Crippen LogP contribution in [0.3, 0.4) is 0 Å². The molecule has 0 bridgehead atoms. The van der Waals surface area contributed by atoms with E-state index in [1.165, 1.54) is 22.6 Å². The molecule has 1 aromatic heterocycles. The summed E-state index contributed by atoms with van der Waals surface area (Å²) in [7, 11) is 0. The Morgan fingerprint density at radius 2 is 1.65 bits per heavy atom. The highest BCUT2D eigenvalue weighted by atomic mass is 79.9. The predicted molar refractivity (Wildman–Crippen MR) is 115 cm³/mol. The fourth-order valence-electron chi connectivity index (χ4n) is 3.20. The number of para-hydroxylation sites is 1. The molecule has 0 amide bonds. The minimum absolute atomic E-state index is 0.590. The van der Waals surface area contributed by atoms with Gasteiger partial charge in [-0.25, -0.2) is 0 Å². The van der Waals surface area contributed by atoms with Crippen molar-refractivity contribution < 1.29 is 0 Å². The molecule has 26 heavy (non-hydrogen) atoms. The Hall–Kier alpha value is -2.13. The number of hydrogen-bond acceptors (Lipinski definition) is 1. The third kappa shape index (κ3) is 3.68. The first kappa shape index (κ1) is 18.7. The summed E-state index contributed by atoms with van der Waals surface area (Å²) in [5, 5.41) is 0. The van der Waals surface area contributed by atoms with Crippen LogP contribution >= 0.6 is 15.9 Å². The maximum absolute atomic E-state index is 4.70. The first-order valence-electron chi connectivity index (χ1n) is 9.09. The van der Waals surface area contributed by atoms with Gasteiger partial charge in [-0.15, -0.1) is 0 Å². The highest BCUT2D eigenvalue weighted by Gasteiger charge is 2.15. The number of rotatable bonds is 5. The van der Waals surface area contributed by atoms with Gasteiger partial charge in [0, 0.05) is 33.3 Å². The summed E-state index contributed by atoms with van der Waals surface area (Å²) >= 11 is 3.75. The summed E-state index contributed by atoms with van der Waals surface area (Å²) < 4.78 is 3.36. The molecule has 0 N–H and O–H groups in total. The molecule has 0 radical (unpaired) electrons. The van der Waals surface area contributed by atoms with Gasteiger partial charge in [0.15, 0.2) is 0 Å². The van der Waals surface area contributed by atoms with Crippen LogP contribution in [0.25, 0.3) is 5.69 Å². The van der Waals surface area contributed by atoms with Crippen LogP contribution in [-0.2, 0) is 0 Å². The molecule has 3 heteroatoms. The molecule has 0 fully saturated rings. The van der Waals surface area contributed by atoms with Gasteiger partial charge in [0.1, 0.15) is 0 Å². The quantitative estimate of drug-likeness (QED) is 0.399. The molecule has 0 unspecified atom stereocenters. The Morgan fingerprint density at radius 1 is 1.00 bits per heavy atom. The van der Waals surface area contributed by atoms with Gasteiger partial charge in [-0.2, -0.15) is 0 Å². The second kappa shape index (κ2) is 8.05. The van der Waals surface area contributed by atoms with Crippen molar-refractivity contribution in [1.82, 2.24) is 4.57 Å². The molecule has 0 aliphatic rings. The average molecular weight is 409 g/mol. The highest BCUT2D eigenvalue weighted by Crippen LogP contribution is 2.30.